The summed E-state index contributed by atoms with van der Waals surface area (Å²) in [5, 5.41) is 29.4. The van der Waals surface area contributed by atoms with E-state index in [-0.39, 0.29) is 12.5 Å². The fourth-order valence-corrected chi connectivity index (χ4v) is 2.81. The van der Waals surface area contributed by atoms with Gasteiger partial charge in [0.1, 0.15) is 6.10 Å². The maximum absolute atomic E-state index is 9.83. The van der Waals surface area contributed by atoms with Crippen molar-refractivity contribution >= 4 is 0 Å². The summed E-state index contributed by atoms with van der Waals surface area (Å²) in [6, 6.07) is 0. The Balaban J connectivity index is 0.00000123. The van der Waals surface area contributed by atoms with Crippen LogP contribution in [0.25, 0.3) is 0 Å². The van der Waals surface area contributed by atoms with E-state index in [1.54, 1.807) is 0 Å². The molecule has 2 saturated heterocycles. The van der Waals surface area contributed by atoms with Crippen molar-refractivity contribution in [2.45, 2.75) is 117 Å². The van der Waals surface area contributed by atoms with Gasteiger partial charge < -0.3 is 29.5 Å². The van der Waals surface area contributed by atoms with Crippen LogP contribution in [0, 0.1) is 0 Å². The minimum absolute atomic E-state index is 0.00942. The lowest BCUT2D eigenvalue weighted by Gasteiger charge is -2.40. The number of hydrogen-bond acceptors (Lipinski definition) is 6. The van der Waals surface area contributed by atoms with E-state index in [1.807, 2.05) is 41.5 Å². The van der Waals surface area contributed by atoms with Gasteiger partial charge in [-0.25, -0.2) is 0 Å². The van der Waals surface area contributed by atoms with Gasteiger partial charge in [0, 0.05) is 12.8 Å². The first-order valence-corrected chi connectivity index (χ1v) is 9.54. The zero-order valence-electron chi connectivity index (χ0n) is 16.1. The maximum atomic E-state index is 9.83. The molecule has 2 fully saturated rings. The lowest BCUT2D eigenvalue weighted by Crippen LogP contribution is -2.50. The summed E-state index contributed by atoms with van der Waals surface area (Å²) >= 11 is 0. The van der Waals surface area contributed by atoms with Crippen LogP contribution >= 0.6 is 0 Å². The molecule has 3 N–H and O–H groups in total. The third-order valence-corrected chi connectivity index (χ3v) is 4.04. The molecule has 2 aliphatic heterocycles. The SMILES string of the molecule is CC.CC.CCC1CC(O)C[C@@H](O[C@@H]2CC(O)[C@H](O)C(CC)O2)O1. The summed E-state index contributed by atoms with van der Waals surface area (Å²) in [4.78, 5) is 0. The highest BCUT2D eigenvalue weighted by molar-refractivity contribution is 4.82. The van der Waals surface area contributed by atoms with Gasteiger partial charge in [-0.15, -0.1) is 0 Å². The van der Waals surface area contributed by atoms with E-state index in [0.717, 1.165) is 6.42 Å². The van der Waals surface area contributed by atoms with Gasteiger partial charge >= 0.3 is 0 Å². The first-order valence-electron chi connectivity index (χ1n) is 9.54. The van der Waals surface area contributed by atoms with Crippen LogP contribution in [0.15, 0.2) is 0 Å². The van der Waals surface area contributed by atoms with Gasteiger partial charge in [0.2, 0.25) is 0 Å². The van der Waals surface area contributed by atoms with Crippen LogP contribution in [-0.4, -0.2) is 58.4 Å². The van der Waals surface area contributed by atoms with E-state index in [1.165, 1.54) is 0 Å². The number of aliphatic hydroxyl groups excluding tert-OH is 3. The Morgan fingerprint density at radius 1 is 0.833 bits per heavy atom. The normalized spacial score (nSPS) is 39.1. The molecular formula is C18H38O6. The zero-order valence-corrected chi connectivity index (χ0v) is 16.1. The van der Waals surface area contributed by atoms with Crippen LogP contribution in [0.4, 0.5) is 0 Å². The number of ether oxygens (including phenoxy) is 3. The summed E-state index contributed by atoms with van der Waals surface area (Å²) in [6.45, 7) is 11.9. The maximum Gasteiger partial charge on any atom is 0.163 e. The van der Waals surface area contributed by atoms with Crippen molar-refractivity contribution in [3.63, 3.8) is 0 Å². The third-order valence-electron chi connectivity index (χ3n) is 4.04. The molecule has 0 radical (unpaired) electrons. The average Bonchev–Trinajstić information content (AvgIpc) is 2.60. The van der Waals surface area contributed by atoms with Crippen molar-refractivity contribution in [1.29, 1.82) is 0 Å². The smallest absolute Gasteiger partial charge is 0.163 e. The quantitative estimate of drug-likeness (QED) is 0.722. The summed E-state index contributed by atoms with van der Waals surface area (Å²) in [5.74, 6) is 0. The molecule has 0 bridgehead atoms. The number of rotatable bonds is 4. The summed E-state index contributed by atoms with van der Waals surface area (Å²) in [5.41, 5.74) is 0. The number of hydrogen-bond donors (Lipinski definition) is 3. The Morgan fingerprint density at radius 2 is 1.42 bits per heavy atom. The van der Waals surface area contributed by atoms with Crippen molar-refractivity contribution in [1.82, 2.24) is 0 Å². The van der Waals surface area contributed by atoms with Gasteiger partial charge in [-0.05, 0) is 19.3 Å². The molecule has 0 aromatic heterocycles. The van der Waals surface area contributed by atoms with Crippen molar-refractivity contribution in [2.75, 3.05) is 0 Å². The molecule has 2 aliphatic rings. The van der Waals surface area contributed by atoms with E-state index in [9.17, 15) is 15.3 Å². The van der Waals surface area contributed by atoms with Crippen LogP contribution in [0.5, 0.6) is 0 Å². The molecule has 0 spiro atoms. The molecule has 146 valence electrons. The fourth-order valence-electron chi connectivity index (χ4n) is 2.81. The average molecular weight is 350 g/mol. The topological polar surface area (TPSA) is 88.4 Å². The molecule has 2 rings (SSSR count). The molecular weight excluding hydrogens is 312 g/mol. The molecule has 0 aromatic carbocycles. The van der Waals surface area contributed by atoms with Crippen LogP contribution in [0.2, 0.25) is 0 Å². The van der Waals surface area contributed by atoms with E-state index in [4.69, 9.17) is 14.2 Å². The van der Waals surface area contributed by atoms with Gasteiger partial charge in [0.15, 0.2) is 12.6 Å². The fraction of sp³-hybridized carbons (Fsp3) is 1.00. The van der Waals surface area contributed by atoms with Gasteiger partial charge in [-0.1, -0.05) is 41.5 Å². The van der Waals surface area contributed by atoms with Gasteiger partial charge in [0.05, 0.1) is 24.4 Å². The second-order valence-electron chi connectivity index (χ2n) is 5.66. The van der Waals surface area contributed by atoms with E-state index in [0.29, 0.717) is 19.3 Å². The molecule has 7 atom stereocenters. The predicted molar refractivity (Wildman–Crippen MR) is 93.6 cm³/mol. The van der Waals surface area contributed by atoms with E-state index in [2.05, 4.69) is 0 Å². The van der Waals surface area contributed by atoms with Crippen LogP contribution < -0.4 is 0 Å². The summed E-state index contributed by atoms with van der Waals surface area (Å²) in [7, 11) is 0. The highest BCUT2D eigenvalue weighted by Gasteiger charge is 2.38. The predicted octanol–water partition coefficient (Wildman–Crippen LogP) is 2.58. The summed E-state index contributed by atoms with van der Waals surface area (Å²) < 4.78 is 17.1. The van der Waals surface area contributed by atoms with Crippen molar-refractivity contribution < 1.29 is 29.5 Å². The standard InChI is InChI=1S/C14H26O6.2C2H6/c1-3-9-5-8(15)6-12(18-9)20-13-7-10(16)14(17)11(4-2)19-13;2*1-2/h8-17H,3-7H2,1-2H3;2*1-2H3/t8?,9?,10?,11?,12-,13-,14+;;/m1../s1. The highest BCUT2D eigenvalue weighted by Crippen LogP contribution is 2.28. The first kappa shape index (κ1) is 23.8. The minimum Gasteiger partial charge on any atom is -0.393 e. The molecule has 0 aliphatic carbocycles. The first-order chi connectivity index (χ1) is 11.5. The number of aliphatic hydroxyl groups is 3. The monoisotopic (exact) mass is 350 g/mol. The molecule has 24 heavy (non-hydrogen) atoms. The molecule has 2 heterocycles. The molecule has 6 nitrogen and oxygen atoms in total. The Bertz CT molecular complexity index is 301. The second-order valence-corrected chi connectivity index (χ2v) is 5.66. The lowest BCUT2D eigenvalue weighted by atomic mass is 9.99. The Kier molecular flexibility index (Phi) is 12.9. The lowest BCUT2D eigenvalue weighted by molar-refractivity contribution is -0.319. The van der Waals surface area contributed by atoms with Crippen molar-refractivity contribution in [3.05, 3.63) is 0 Å². The molecule has 0 aromatic rings. The second kappa shape index (κ2) is 13.0. The van der Waals surface area contributed by atoms with Crippen molar-refractivity contribution in [2.24, 2.45) is 0 Å². The molecule has 4 unspecified atom stereocenters. The van der Waals surface area contributed by atoms with Crippen LogP contribution in [0.3, 0.4) is 0 Å². The van der Waals surface area contributed by atoms with Crippen LogP contribution in [-0.2, 0) is 14.2 Å². The van der Waals surface area contributed by atoms with Crippen molar-refractivity contribution in [3.8, 4) is 0 Å². The largest absolute Gasteiger partial charge is 0.393 e. The Morgan fingerprint density at radius 3 is 1.96 bits per heavy atom. The summed E-state index contributed by atoms with van der Waals surface area (Å²) in [6.07, 6.45) is -1.05. The third kappa shape index (κ3) is 7.33. The Hall–Kier alpha value is -0.240. The zero-order chi connectivity index (χ0) is 18.7. The van der Waals surface area contributed by atoms with E-state index < -0.39 is 37.0 Å². The minimum atomic E-state index is -0.874. The molecule has 0 saturated carbocycles. The Labute approximate surface area is 147 Å². The van der Waals surface area contributed by atoms with Crippen LogP contribution in [0.1, 0.15) is 73.6 Å². The van der Waals surface area contributed by atoms with Gasteiger partial charge in [-0.2, -0.15) is 0 Å². The van der Waals surface area contributed by atoms with Gasteiger partial charge in [0.25, 0.3) is 0 Å². The van der Waals surface area contributed by atoms with E-state index >= 15 is 0 Å². The van der Waals surface area contributed by atoms with Gasteiger partial charge in [-0.3, -0.25) is 0 Å². The molecule has 6 heteroatoms. The molecule has 0 amide bonds. The highest BCUT2D eigenvalue weighted by atomic mass is 16.8.